The number of hydrogen-bond donors (Lipinski definition) is 1. The molecule has 0 rings (SSSR count). The average Bonchev–Trinajstić information content (AvgIpc) is 2.24. The summed E-state index contributed by atoms with van der Waals surface area (Å²) < 4.78 is 5.43. The quantitative estimate of drug-likeness (QED) is 0.556. The molecular formula is C15H33NO. The Balaban J connectivity index is 3.88. The van der Waals surface area contributed by atoms with E-state index in [4.69, 9.17) is 4.74 Å². The second kappa shape index (κ2) is 9.90. The van der Waals surface area contributed by atoms with Gasteiger partial charge in [0.15, 0.2) is 0 Å². The van der Waals surface area contributed by atoms with Gasteiger partial charge in [0.05, 0.1) is 0 Å². The Hall–Kier alpha value is -0.0800. The van der Waals surface area contributed by atoms with Crippen molar-refractivity contribution in [2.75, 3.05) is 26.3 Å². The van der Waals surface area contributed by atoms with E-state index in [0.717, 1.165) is 32.2 Å². The fourth-order valence-electron chi connectivity index (χ4n) is 2.31. The molecule has 17 heavy (non-hydrogen) atoms. The van der Waals surface area contributed by atoms with Crippen LogP contribution in [0.4, 0.5) is 0 Å². The fraction of sp³-hybridized carbons (Fsp3) is 1.00. The lowest BCUT2D eigenvalue weighted by atomic mass is 9.81. The van der Waals surface area contributed by atoms with Crippen molar-refractivity contribution in [1.29, 1.82) is 0 Å². The highest BCUT2D eigenvalue weighted by atomic mass is 16.5. The predicted molar refractivity (Wildman–Crippen MR) is 76.4 cm³/mol. The minimum Gasteiger partial charge on any atom is -0.382 e. The van der Waals surface area contributed by atoms with Crippen molar-refractivity contribution >= 4 is 0 Å². The summed E-state index contributed by atoms with van der Waals surface area (Å²) in [6, 6.07) is 0. The Bertz CT molecular complexity index is 170. The molecule has 0 spiro atoms. The highest BCUT2D eigenvalue weighted by Gasteiger charge is 2.22. The first-order valence-corrected chi connectivity index (χ1v) is 7.32. The van der Waals surface area contributed by atoms with Gasteiger partial charge >= 0.3 is 0 Å². The van der Waals surface area contributed by atoms with E-state index < -0.39 is 0 Å². The van der Waals surface area contributed by atoms with E-state index in [1.165, 1.54) is 25.7 Å². The summed E-state index contributed by atoms with van der Waals surface area (Å²) in [5.41, 5.74) is 0.445. The van der Waals surface area contributed by atoms with Crippen molar-refractivity contribution in [3.63, 3.8) is 0 Å². The highest BCUT2D eigenvalue weighted by molar-refractivity contribution is 4.76. The molecule has 0 aliphatic rings. The lowest BCUT2D eigenvalue weighted by molar-refractivity contribution is 0.127. The molecule has 1 N–H and O–H groups in total. The van der Waals surface area contributed by atoms with Gasteiger partial charge in [-0.25, -0.2) is 0 Å². The van der Waals surface area contributed by atoms with Crippen LogP contribution in [0.3, 0.4) is 0 Å². The van der Waals surface area contributed by atoms with Crippen molar-refractivity contribution in [2.24, 2.45) is 11.3 Å². The predicted octanol–water partition coefficient (Wildman–Crippen LogP) is 3.86. The van der Waals surface area contributed by atoms with Gasteiger partial charge in [-0.05, 0) is 44.1 Å². The summed E-state index contributed by atoms with van der Waals surface area (Å²) in [5, 5.41) is 3.61. The molecule has 0 saturated heterocycles. The van der Waals surface area contributed by atoms with Gasteiger partial charge in [-0.3, -0.25) is 0 Å². The summed E-state index contributed by atoms with van der Waals surface area (Å²) in [4.78, 5) is 0. The van der Waals surface area contributed by atoms with Gasteiger partial charge in [-0.15, -0.1) is 0 Å². The monoisotopic (exact) mass is 243 g/mol. The highest BCUT2D eigenvalue weighted by Crippen LogP contribution is 2.28. The molecular weight excluding hydrogens is 210 g/mol. The zero-order valence-corrected chi connectivity index (χ0v) is 12.6. The lowest BCUT2D eigenvalue weighted by Gasteiger charge is -2.30. The second-order valence-electron chi connectivity index (χ2n) is 5.89. The molecule has 0 aliphatic heterocycles. The lowest BCUT2D eigenvalue weighted by Crippen LogP contribution is -2.34. The molecule has 2 nitrogen and oxygen atoms in total. The number of rotatable bonds is 11. The molecule has 2 heteroatoms. The van der Waals surface area contributed by atoms with E-state index in [-0.39, 0.29) is 0 Å². The van der Waals surface area contributed by atoms with Crippen LogP contribution in [0.1, 0.15) is 60.3 Å². The maximum atomic E-state index is 5.43. The molecule has 0 aromatic carbocycles. The largest absolute Gasteiger partial charge is 0.382 e. The van der Waals surface area contributed by atoms with Gasteiger partial charge in [0, 0.05) is 19.8 Å². The third-order valence-corrected chi connectivity index (χ3v) is 3.23. The van der Waals surface area contributed by atoms with Crippen LogP contribution in [-0.4, -0.2) is 26.3 Å². The summed E-state index contributed by atoms with van der Waals surface area (Å²) in [7, 11) is 0. The first kappa shape index (κ1) is 16.9. The molecule has 0 saturated carbocycles. The second-order valence-corrected chi connectivity index (χ2v) is 5.89. The molecule has 0 bridgehead atoms. The van der Waals surface area contributed by atoms with Crippen LogP contribution >= 0.6 is 0 Å². The molecule has 0 heterocycles. The number of ether oxygens (including phenoxy) is 1. The average molecular weight is 243 g/mol. The van der Waals surface area contributed by atoms with E-state index in [1.807, 2.05) is 0 Å². The maximum Gasteiger partial charge on any atom is 0.0466 e. The molecule has 104 valence electrons. The van der Waals surface area contributed by atoms with Crippen LogP contribution in [0, 0.1) is 11.3 Å². The first-order valence-electron chi connectivity index (χ1n) is 7.32. The first-order chi connectivity index (χ1) is 8.04. The normalized spacial score (nSPS) is 15.2. The summed E-state index contributed by atoms with van der Waals surface area (Å²) >= 11 is 0. The van der Waals surface area contributed by atoms with Gasteiger partial charge in [0.1, 0.15) is 0 Å². The standard InChI is InChI=1S/C15H33NO/c1-6-9-15(5,10-8-11-17-7-2)13-16-12-14(3)4/h14,16H,6-13H2,1-5H3. The zero-order valence-electron chi connectivity index (χ0n) is 12.6. The molecule has 0 amide bonds. The van der Waals surface area contributed by atoms with Crippen LogP contribution < -0.4 is 5.32 Å². The Morgan fingerprint density at radius 3 is 2.41 bits per heavy atom. The van der Waals surface area contributed by atoms with Crippen molar-refractivity contribution in [2.45, 2.75) is 60.3 Å². The Labute approximate surface area is 109 Å². The number of hydrogen-bond acceptors (Lipinski definition) is 2. The Morgan fingerprint density at radius 2 is 1.88 bits per heavy atom. The van der Waals surface area contributed by atoms with Gasteiger partial charge in [-0.1, -0.05) is 34.1 Å². The van der Waals surface area contributed by atoms with Crippen LogP contribution in [0.2, 0.25) is 0 Å². The fourth-order valence-corrected chi connectivity index (χ4v) is 2.31. The van der Waals surface area contributed by atoms with Crippen molar-refractivity contribution in [1.82, 2.24) is 5.32 Å². The third-order valence-electron chi connectivity index (χ3n) is 3.23. The SMILES string of the molecule is CCCC(C)(CCCOCC)CNCC(C)C. The van der Waals surface area contributed by atoms with Crippen molar-refractivity contribution in [3.8, 4) is 0 Å². The van der Waals surface area contributed by atoms with Crippen LogP contribution in [-0.2, 0) is 4.74 Å². The third kappa shape index (κ3) is 9.61. The van der Waals surface area contributed by atoms with Crippen molar-refractivity contribution in [3.05, 3.63) is 0 Å². The maximum absolute atomic E-state index is 5.43. The van der Waals surface area contributed by atoms with E-state index in [9.17, 15) is 0 Å². The van der Waals surface area contributed by atoms with E-state index in [1.54, 1.807) is 0 Å². The summed E-state index contributed by atoms with van der Waals surface area (Å²) in [6.45, 7) is 15.3. The van der Waals surface area contributed by atoms with Gasteiger partial charge in [-0.2, -0.15) is 0 Å². The number of nitrogens with one attached hydrogen (secondary N) is 1. The van der Waals surface area contributed by atoms with Gasteiger partial charge < -0.3 is 10.1 Å². The topological polar surface area (TPSA) is 21.3 Å². The molecule has 0 radical (unpaired) electrons. The molecule has 1 atom stereocenters. The summed E-state index contributed by atoms with van der Waals surface area (Å²) in [5.74, 6) is 0.740. The van der Waals surface area contributed by atoms with Crippen LogP contribution in [0.5, 0.6) is 0 Å². The minimum absolute atomic E-state index is 0.445. The molecule has 1 unspecified atom stereocenters. The van der Waals surface area contributed by atoms with E-state index >= 15 is 0 Å². The molecule has 0 aliphatic carbocycles. The minimum atomic E-state index is 0.445. The molecule has 0 aromatic rings. The zero-order chi connectivity index (χ0) is 13.1. The van der Waals surface area contributed by atoms with Gasteiger partial charge in [0.2, 0.25) is 0 Å². The molecule has 0 fully saturated rings. The van der Waals surface area contributed by atoms with Crippen molar-refractivity contribution < 1.29 is 4.74 Å². The Kier molecular flexibility index (Phi) is 9.85. The van der Waals surface area contributed by atoms with Crippen LogP contribution in [0.25, 0.3) is 0 Å². The smallest absolute Gasteiger partial charge is 0.0466 e. The Morgan fingerprint density at radius 1 is 1.18 bits per heavy atom. The van der Waals surface area contributed by atoms with E-state index in [2.05, 4.69) is 39.9 Å². The molecule has 0 aromatic heterocycles. The van der Waals surface area contributed by atoms with E-state index in [0.29, 0.717) is 5.41 Å². The van der Waals surface area contributed by atoms with Crippen LogP contribution in [0.15, 0.2) is 0 Å². The summed E-state index contributed by atoms with van der Waals surface area (Å²) in [6.07, 6.45) is 5.04. The van der Waals surface area contributed by atoms with Gasteiger partial charge in [0.25, 0.3) is 0 Å².